The molecule has 10 nitrogen and oxygen atoms in total. The molecule has 2 aromatic carbocycles. The van der Waals surface area contributed by atoms with Gasteiger partial charge in [0.05, 0.1) is 38.3 Å². The zero-order valence-corrected chi connectivity index (χ0v) is 18.9. The number of ether oxygens (including phenoxy) is 2. The van der Waals surface area contributed by atoms with Crippen LogP contribution < -0.4 is 26.0 Å². The van der Waals surface area contributed by atoms with Gasteiger partial charge in [-0.05, 0) is 30.3 Å². The lowest BCUT2D eigenvalue weighted by Crippen LogP contribution is -2.38. The lowest BCUT2D eigenvalue weighted by atomic mass is 10.1. The van der Waals surface area contributed by atoms with Gasteiger partial charge in [-0.15, -0.1) is 0 Å². The van der Waals surface area contributed by atoms with Crippen LogP contribution in [0.5, 0.6) is 5.75 Å². The van der Waals surface area contributed by atoms with Crippen molar-refractivity contribution in [1.29, 1.82) is 0 Å². The molecule has 4 rings (SSSR count). The number of aliphatic hydroxyl groups is 1. The van der Waals surface area contributed by atoms with Gasteiger partial charge in [-0.3, -0.25) is 4.79 Å². The average Bonchev–Trinajstić information content (AvgIpc) is 2.88. The second kappa shape index (κ2) is 10.8. The number of amides is 1. The van der Waals surface area contributed by atoms with Gasteiger partial charge in [0.25, 0.3) is 0 Å². The number of rotatable bonds is 9. The molecule has 2 heterocycles. The minimum Gasteiger partial charge on any atom is -0.495 e. The van der Waals surface area contributed by atoms with E-state index in [0.29, 0.717) is 24.8 Å². The first-order valence-electron chi connectivity index (χ1n) is 11.0. The Morgan fingerprint density at radius 3 is 2.59 bits per heavy atom. The fourth-order valence-electron chi connectivity index (χ4n) is 3.67. The maximum atomic E-state index is 11.3. The Morgan fingerprint density at radius 2 is 1.91 bits per heavy atom. The van der Waals surface area contributed by atoms with Crippen molar-refractivity contribution in [2.24, 2.45) is 5.73 Å². The number of morpholine rings is 1. The van der Waals surface area contributed by atoms with Crippen LogP contribution >= 0.6 is 0 Å². The number of carbonyl (C=O) groups excluding carboxylic acids is 1. The lowest BCUT2D eigenvalue weighted by Gasteiger charge is -2.30. The van der Waals surface area contributed by atoms with Gasteiger partial charge < -0.3 is 35.8 Å². The summed E-state index contributed by atoms with van der Waals surface area (Å²) in [4.78, 5) is 22.5. The Bertz CT molecular complexity index is 1120. The monoisotopic (exact) mass is 464 g/mol. The fraction of sp³-hybridized carbons (Fsp3) is 0.292. The summed E-state index contributed by atoms with van der Waals surface area (Å²) in [6.07, 6.45) is 1.69. The molecule has 1 aliphatic rings. The van der Waals surface area contributed by atoms with Gasteiger partial charge in [-0.2, -0.15) is 0 Å². The first-order chi connectivity index (χ1) is 16.6. The summed E-state index contributed by atoms with van der Waals surface area (Å²) in [5.41, 5.74) is 9.37. The minimum absolute atomic E-state index is 0.379. The smallest absolute Gasteiger partial charge is 0.242 e. The number of benzene rings is 2. The van der Waals surface area contributed by atoms with E-state index in [1.807, 2.05) is 36.4 Å². The van der Waals surface area contributed by atoms with Gasteiger partial charge in [0.1, 0.15) is 11.8 Å². The van der Waals surface area contributed by atoms with Gasteiger partial charge in [0.15, 0.2) is 0 Å². The van der Waals surface area contributed by atoms with Crippen LogP contribution in [0.1, 0.15) is 0 Å². The molecule has 34 heavy (non-hydrogen) atoms. The second-order valence-corrected chi connectivity index (χ2v) is 7.74. The van der Waals surface area contributed by atoms with Crippen molar-refractivity contribution in [2.45, 2.75) is 6.04 Å². The largest absolute Gasteiger partial charge is 0.495 e. The van der Waals surface area contributed by atoms with Crippen LogP contribution in [0.2, 0.25) is 0 Å². The SMILES string of the molecule is COc1cc(Nc2nccc(-c3ccc(N[C@@H](CO)C(N)=O)cc3)n2)ccc1N1CCOCC1. The highest BCUT2D eigenvalue weighted by Gasteiger charge is 2.16. The molecule has 0 aliphatic carbocycles. The molecule has 1 fully saturated rings. The molecule has 0 unspecified atom stereocenters. The van der Waals surface area contributed by atoms with Crippen LogP contribution in [0.3, 0.4) is 0 Å². The summed E-state index contributed by atoms with van der Waals surface area (Å²) < 4.78 is 11.1. The molecule has 1 saturated heterocycles. The number of nitrogens with two attached hydrogens (primary N) is 1. The van der Waals surface area contributed by atoms with Gasteiger partial charge in [-0.25, -0.2) is 9.97 Å². The standard InChI is InChI=1S/C24H28N6O4/c1-33-22-14-18(6-7-21(22)30-10-12-34-13-11-30)28-24-26-9-8-19(29-24)16-2-4-17(5-3-16)27-20(15-31)23(25)32/h2-9,14,20,27,31H,10-13,15H2,1H3,(H2,25,32)(H,26,28,29)/t20-/m0/s1. The molecule has 1 aromatic heterocycles. The van der Waals surface area contributed by atoms with E-state index < -0.39 is 11.9 Å². The Labute approximate surface area is 197 Å². The number of nitrogens with zero attached hydrogens (tertiary/aromatic N) is 3. The molecular weight excluding hydrogens is 436 g/mol. The Kier molecular flexibility index (Phi) is 7.41. The molecule has 1 amide bonds. The van der Waals surface area contributed by atoms with Gasteiger partial charge in [0.2, 0.25) is 11.9 Å². The zero-order valence-electron chi connectivity index (χ0n) is 18.9. The molecule has 1 aliphatic heterocycles. The molecular formula is C24H28N6O4. The van der Waals surface area contributed by atoms with Crippen LogP contribution in [0.25, 0.3) is 11.3 Å². The summed E-state index contributed by atoms with van der Waals surface area (Å²) in [7, 11) is 1.66. The number of anilines is 4. The van der Waals surface area contributed by atoms with E-state index in [1.165, 1.54) is 0 Å². The van der Waals surface area contributed by atoms with E-state index in [4.69, 9.17) is 15.2 Å². The van der Waals surface area contributed by atoms with Crippen molar-refractivity contribution in [3.63, 3.8) is 0 Å². The number of primary amides is 1. The Morgan fingerprint density at radius 1 is 1.18 bits per heavy atom. The third kappa shape index (κ3) is 5.53. The predicted molar refractivity (Wildman–Crippen MR) is 130 cm³/mol. The normalized spacial score (nSPS) is 14.4. The zero-order chi connectivity index (χ0) is 23.9. The molecule has 3 aromatic rings. The number of nitrogens with one attached hydrogen (secondary N) is 2. The lowest BCUT2D eigenvalue weighted by molar-refractivity contribution is -0.119. The third-order valence-corrected chi connectivity index (χ3v) is 5.49. The first kappa shape index (κ1) is 23.3. The van der Waals surface area contributed by atoms with Crippen molar-refractivity contribution >= 4 is 28.9 Å². The van der Waals surface area contributed by atoms with Gasteiger partial charge in [0, 0.05) is 42.3 Å². The van der Waals surface area contributed by atoms with E-state index in [2.05, 4.69) is 25.5 Å². The van der Waals surface area contributed by atoms with E-state index >= 15 is 0 Å². The Hall–Kier alpha value is -3.89. The summed E-state index contributed by atoms with van der Waals surface area (Å²) in [6, 6.07) is 14.2. The van der Waals surface area contributed by atoms with Crippen LogP contribution in [0.4, 0.5) is 23.0 Å². The molecule has 0 bridgehead atoms. The fourth-order valence-corrected chi connectivity index (χ4v) is 3.67. The van der Waals surface area contributed by atoms with Crippen molar-refractivity contribution < 1.29 is 19.4 Å². The van der Waals surface area contributed by atoms with Crippen LogP contribution in [-0.4, -0.2) is 67.0 Å². The highest BCUT2D eigenvalue weighted by molar-refractivity contribution is 5.83. The Balaban J connectivity index is 1.48. The van der Waals surface area contributed by atoms with Crippen molar-refractivity contribution in [2.75, 3.05) is 55.6 Å². The molecule has 178 valence electrons. The predicted octanol–water partition coefficient (Wildman–Crippen LogP) is 1.99. The van der Waals surface area contributed by atoms with E-state index in [9.17, 15) is 9.90 Å². The number of aliphatic hydroxyl groups excluding tert-OH is 1. The maximum absolute atomic E-state index is 11.3. The number of hydrogen-bond acceptors (Lipinski definition) is 9. The number of carbonyl (C=O) groups is 1. The first-order valence-corrected chi connectivity index (χ1v) is 11.0. The summed E-state index contributed by atoms with van der Waals surface area (Å²) in [5, 5.41) is 15.4. The summed E-state index contributed by atoms with van der Waals surface area (Å²) in [6.45, 7) is 2.68. The highest BCUT2D eigenvalue weighted by atomic mass is 16.5. The second-order valence-electron chi connectivity index (χ2n) is 7.74. The molecule has 10 heteroatoms. The molecule has 0 radical (unpaired) electrons. The van der Waals surface area contributed by atoms with Crippen LogP contribution in [0.15, 0.2) is 54.7 Å². The topological polar surface area (TPSA) is 135 Å². The quantitative estimate of drug-likeness (QED) is 0.375. The number of hydrogen-bond donors (Lipinski definition) is 4. The molecule has 0 saturated carbocycles. The summed E-state index contributed by atoms with van der Waals surface area (Å²) in [5.74, 6) is 0.603. The summed E-state index contributed by atoms with van der Waals surface area (Å²) >= 11 is 0. The van der Waals surface area contributed by atoms with E-state index in [-0.39, 0.29) is 6.61 Å². The van der Waals surface area contributed by atoms with Crippen LogP contribution in [0, 0.1) is 0 Å². The molecule has 0 spiro atoms. The molecule has 1 atom stereocenters. The van der Waals surface area contributed by atoms with Gasteiger partial charge in [-0.1, -0.05) is 12.1 Å². The van der Waals surface area contributed by atoms with Crippen molar-refractivity contribution in [1.82, 2.24) is 9.97 Å². The van der Waals surface area contributed by atoms with Gasteiger partial charge >= 0.3 is 0 Å². The van der Waals surface area contributed by atoms with Crippen LogP contribution in [-0.2, 0) is 9.53 Å². The van der Waals surface area contributed by atoms with E-state index in [0.717, 1.165) is 41.5 Å². The highest BCUT2D eigenvalue weighted by Crippen LogP contribution is 2.32. The minimum atomic E-state index is -0.840. The third-order valence-electron chi connectivity index (χ3n) is 5.49. The average molecular weight is 465 g/mol. The number of methoxy groups -OCH3 is 1. The van der Waals surface area contributed by atoms with Crippen molar-refractivity contribution in [3.8, 4) is 17.0 Å². The number of aromatic nitrogens is 2. The maximum Gasteiger partial charge on any atom is 0.242 e. The van der Waals surface area contributed by atoms with Crippen molar-refractivity contribution in [3.05, 3.63) is 54.7 Å². The molecule has 5 N–H and O–H groups in total. The van der Waals surface area contributed by atoms with E-state index in [1.54, 1.807) is 25.4 Å².